The smallest absolute Gasteiger partial charge is 0.332 e. The average molecular weight is 354 g/mol. The summed E-state index contributed by atoms with van der Waals surface area (Å²) in [6.45, 7) is 3.35. The fourth-order valence-electron chi connectivity index (χ4n) is 2.60. The van der Waals surface area contributed by atoms with Crippen LogP contribution in [0.3, 0.4) is 0 Å². The highest BCUT2D eigenvalue weighted by molar-refractivity contribution is 5.76. The quantitative estimate of drug-likeness (QED) is 0.649. The fourth-order valence-corrected chi connectivity index (χ4v) is 2.60. The average Bonchev–Trinajstić information content (AvgIpc) is 2.64. The SMILES string of the molecule is CCOC(=O)Cn1c(=O)c2cnc(-c3ccc(C)cc3)nc2n(C)c1=O. The van der Waals surface area contributed by atoms with Gasteiger partial charge in [0, 0.05) is 18.8 Å². The van der Waals surface area contributed by atoms with Crippen molar-refractivity contribution in [3.05, 3.63) is 56.9 Å². The van der Waals surface area contributed by atoms with Crippen LogP contribution < -0.4 is 11.2 Å². The molecule has 0 spiro atoms. The molecule has 2 heterocycles. The minimum atomic E-state index is -0.650. The Kier molecular flexibility index (Phi) is 4.66. The normalized spacial score (nSPS) is 10.9. The van der Waals surface area contributed by atoms with Crippen molar-refractivity contribution in [2.24, 2.45) is 7.05 Å². The summed E-state index contributed by atoms with van der Waals surface area (Å²) in [5.74, 6) is -0.238. The predicted molar refractivity (Wildman–Crippen MR) is 95.8 cm³/mol. The van der Waals surface area contributed by atoms with E-state index in [2.05, 4.69) is 9.97 Å². The monoisotopic (exact) mass is 354 g/mol. The number of ether oxygens (including phenoxy) is 1. The molecular weight excluding hydrogens is 336 g/mol. The molecule has 3 aromatic rings. The first-order valence-electron chi connectivity index (χ1n) is 8.11. The van der Waals surface area contributed by atoms with E-state index in [9.17, 15) is 14.4 Å². The van der Waals surface area contributed by atoms with Crippen LogP contribution in [0.4, 0.5) is 0 Å². The van der Waals surface area contributed by atoms with E-state index < -0.39 is 23.8 Å². The Morgan fingerprint density at radius 2 is 1.88 bits per heavy atom. The van der Waals surface area contributed by atoms with E-state index in [4.69, 9.17) is 4.74 Å². The molecule has 2 aromatic heterocycles. The van der Waals surface area contributed by atoms with Gasteiger partial charge in [0.1, 0.15) is 11.9 Å². The molecule has 0 saturated heterocycles. The van der Waals surface area contributed by atoms with Gasteiger partial charge in [0.15, 0.2) is 11.5 Å². The highest BCUT2D eigenvalue weighted by Crippen LogP contribution is 2.16. The third-order valence-electron chi connectivity index (χ3n) is 3.98. The second-order valence-electron chi connectivity index (χ2n) is 5.83. The molecule has 0 aliphatic carbocycles. The number of fused-ring (bicyclic) bond motifs is 1. The van der Waals surface area contributed by atoms with E-state index in [0.29, 0.717) is 5.82 Å². The Hall–Kier alpha value is -3.29. The van der Waals surface area contributed by atoms with Gasteiger partial charge in [-0.2, -0.15) is 0 Å². The molecule has 26 heavy (non-hydrogen) atoms. The van der Waals surface area contributed by atoms with Gasteiger partial charge in [0.25, 0.3) is 5.56 Å². The number of aromatic nitrogens is 4. The first-order chi connectivity index (χ1) is 12.4. The largest absolute Gasteiger partial charge is 0.465 e. The molecule has 0 unspecified atom stereocenters. The molecule has 0 aliphatic rings. The van der Waals surface area contributed by atoms with Gasteiger partial charge < -0.3 is 4.74 Å². The van der Waals surface area contributed by atoms with Crippen molar-refractivity contribution in [1.29, 1.82) is 0 Å². The van der Waals surface area contributed by atoms with E-state index in [-0.39, 0.29) is 17.6 Å². The van der Waals surface area contributed by atoms with Gasteiger partial charge in [-0.15, -0.1) is 0 Å². The van der Waals surface area contributed by atoms with Gasteiger partial charge in [-0.25, -0.2) is 19.3 Å². The van der Waals surface area contributed by atoms with Crippen molar-refractivity contribution in [2.75, 3.05) is 6.61 Å². The molecular formula is C18H18N4O4. The molecule has 0 saturated carbocycles. The molecule has 0 aliphatic heterocycles. The second-order valence-corrected chi connectivity index (χ2v) is 5.83. The summed E-state index contributed by atoms with van der Waals surface area (Å²) in [4.78, 5) is 45.4. The van der Waals surface area contributed by atoms with E-state index in [1.54, 1.807) is 6.92 Å². The number of nitrogens with zero attached hydrogens (tertiary/aromatic N) is 4. The van der Waals surface area contributed by atoms with Crippen LogP contribution >= 0.6 is 0 Å². The maximum atomic E-state index is 12.6. The number of benzene rings is 1. The molecule has 0 bridgehead atoms. The van der Waals surface area contributed by atoms with Gasteiger partial charge in [-0.1, -0.05) is 29.8 Å². The highest BCUT2D eigenvalue weighted by Gasteiger charge is 2.16. The van der Waals surface area contributed by atoms with Crippen LogP contribution in [-0.2, 0) is 23.1 Å². The lowest BCUT2D eigenvalue weighted by Crippen LogP contribution is -2.41. The molecule has 3 rings (SSSR count). The second kappa shape index (κ2) is 6.91. The molecule has 0 amide bonds. The van der Waals surface area contributed by atoms with Crippen LogP contribution in [0.5, 0.6) is 0 Å². The lowest BCUT2D eigenvalue weighted by Gasteiger charge is -2.10. The fraction of sp³-hybridized carbons (Fsp3) is 0.278. The number of carbonyl (C=O) groups is 1. The van der Waals surface area contributed by atoms with Crippen LogP contribution in [0.25, 0.3) is 22.4 Å². The van der Waals surface area contributed by atoms with E-state index >= 15 is 0 Å². The number of carbonyl (C=O) groups excluding carboxylic acids is 1. The number of hydrogen-bond donors (Lipinski definition) is 0. The van der Waals surface area contributed by atoms with Crippen LogP contribution in [0.2, 0.25) is 0 Å². The van der Waals surface area contributed by atoms with Crippen molar-refractivity contribution < 1.29 is 9.53 Å². The third-order valence-corrected chi connectivity index (χ3v) is 3.98. The molecule has 1 aromatic carbocycles. The Morgan fingerprint density at radius 1 is 1.19 bits per heavy atom. The summed E-state index contributed by atoms with van der Waals surface area (Å²) in [6.07, 6.45) is 1.38. The molecule has 0 fully saturated rings. The molecule has 0 atom stereocenters. The topological polar surface area (TPSA) is 96.1 Å². The standard InChI is InChI=1S/C18H18N4O4/c1-4-26-14(23)10-22-17(24)13-9-19-15(12-7-5-11(2)6-8-12)20-16(13)21(3)18(22)25/h5-9H,4,10H2,1-3H3. The summed E-state index contributed by atoms with van der Waals surface area (Å²) in [5, 5.41) is 0.160. The van der Waals surface area contributed by atoms with Gasteiger partial charge in [0.2, 0.25) is 0 Å². The molecule has 8 heteroatoms. The zero-order valence-electron chi connectivity index (χ0n) is 14.7. The van der Waals surface area contributed by atoms with Crippen LogP contribution in [0.15, 0.2) is 40.1 Å². The van der Waals surface area contributed by atoms with E-state index in [1.165, 1.54) is 17.8 Å². The number of esters is 1. The Balaban J connectivity index is 2.16. The van der Waals surface area contributed by atoms with Crippen LogP contribution in [0, 0.1) is 6.92 Å². The van der Waals surface area contributed by atoms with Gasteiger partial charge in [0.05, 0.1) is 6.61 Å². The van der Waals surface area contributed by atoms with Gasteiger partial charge >= 0.3 is 11.7 Å². The van der Waals surface area contributed by atoms with Gasteiger partial charge in [-0.3, -0.25) is 14.2 Å². The number of rotatable bonds is 4. The molecule has 0 N–H and O–H groups in total. The zero-order valence-corrected chi connectivity index (χ0v) is 14.7. The maximum absolute atomic E-state index is 12.6. The van der Waals surface area contributed by atoms with Crippen LogP contribution in [0.1, 0.15) is 12.5 Å². The molecule has 0 radical (unpaired) electrons. The highest BCUT2D eigenvalue weighted by atomic mass is 16.5. The van der Waals surface area contributed by atoms with Crippen molar-refractivity contribution in [1.82, 2.24) is 19.1 Å². The molecule has 134 valence electrons. The first-order valence-corrected chi connectivity index (χ1v) is 8.11. The summed E-state index contributed by atoms with van der Waals surface area (Å²) in [7, 11) is 1.50. The number of hydrogen-bond acceptors (Lipinski definition) is 6. The zero-order chi connectivity index (χ0) is 18.8. The minimum Gasteiger partial charge on any atom is -0.465 e. The summed E-state index contributed by atoms with van der Waals surface area (Å²) < 4.78 is 6.88. The van der Waals surface area contributed by atoms with Crippen molar-refractivity contribution in [3.8, 4) is 11.4 Å². The Labute approximate surface area is 148 Å². The Bertz CT molecular complexity index is 1100. The summed E-state index contributed by atoms with van der Waals surface area (Å²) in [6, 6.07) is 7.60. The lowest BCUT2D eigenvalue weighted by atomic mass is 10.1. The first kappa shape index (κ1) is 17.5. The van der Waals surface area contributed by atoms with E-state index in [0.717, 1.165) is 15.7 Å². The maximum Gasteiger partial charge on any atom is 0.332 e. The van der Waals surface area contributed by atoms with Gasteiger partial charge in [-0.05, 0) is 13.8 Å². The Morgan fingerprint density at radius 3 is 2.54 bits per heavy atom. The predicted octanol–water partition coefficient (Wildman–Crippen LogP) is 1.03. The lowest BCUT2D eigenvalue weighted by molar-refractivity contribution is -0.143. The van der Waals surface area contributed by atoms with Crippen LogP contribution in [-0.4, -0.2) is 31.7 Å². The van der Waals surface area contributed by atoms with Crippen molar-refractivity contribution in [3.63, 3.8) is 0 Å². The minimum absolute atomic E-state index is 0.160. The number of aryl methyl sites for hydroxylation is 2. The summed E-state index contributed by atoms with van der Waals surface area (Å²) in [5.41, 5.74) is 0.839. The summed E-state index contributed by atoms with van der Waals surface area (Å²) >= 11 is 0. The van der Waals surface area contributed by atoms with E-state index in [1.807, 2.05) is 31.2 Å². The van der Waals surface area contributed by atoms with Crippen molar-refractivity contribution in [2.45, 2.75) is 20.4 Å². The third kappa shape index (κ3) is 3.13. The van der Waals surface area contributed by atoms with Crippen molar-refractivity contribution >= 4 is 17.0 Å². The molecule has 8 nitrogen and oxygen atoms in total.